The third-order valence-corrected chi connectivity index (χ3v) is 11.6. The molecule has 2 aliphatic heterocycles. The number of ether oxygens (including phenoxy) is 5. The van der Waals surface area contributed by atoms with Crippen molar-refractivity contribution in [2.75, 3.05) is 14.2 Å². The molecule has 3 aliphatic carbocycles. The molecule has 0 spiro atoms. The second-order valence-electron chi connectivity index (χ2n) is 14.5. The van der Waals surface area contributed by atoms with Crippen molar-refractivity contribution in [2.45, 2.75) is 122 Å². The zero-order chi connectivity index (χ0) is 34.1. The summed E-state index contributed by atoms with van der Waals surface area (Å²) in [6.07, 6.45) is 10.8. The highest BCUT2D eigenvalue weighted by atomic mass is 16.7. The van der Waals surface area contributed by atoms with Gasteiger partial charge in [-0.05, 0) is 81.6 Å². The lowest BCUT2D eigenvalue weighted by Crippen LogP contribution is -2.49. The zero-order valence-electron chi connectivity index (χ0n) is 29.1. The summed E-state index contributed by atoms with van der Waals surface area (Å²) in [6, 6.07) is 1.19. The van der Waals surface area contributed by atoms with Gasteiger partial charge in [-0.1, -0.05) is 37.2 Å². The number of rotatable bonds is 7. The predicted octanol–water partition coefficient (Wildman–Crippen LogP) is 5.12. The molecule has 0 radical (unpaired) electrons. The maximum Gasteiger partial charge on any atom is 0.306 e. The number of methoxy groups -OCH3 is 2. The Kier molecular flexibility index (Phi) is 10.9. The van der Waals surface area contributed by atoms with Crippen LogP contribution in [0, 0.1) is 42.4 Å². The van der Waals surface area contributed by atoms with E-state index in [1.54, 1.807) is 27.2 Å². The van der Waals surface area contributed by atoms with Gasteiger partial charge in [0.05, 0.1) is 24.7 Å². The van der Waals surface area contributed by atoms with Crippen molar-refractivity contribution in [2.24, 2.45) is 35.5 Å². The minimum atomic E-state index is -0.488. The van der Waals surface area contributed by atoms with Crippen LogP contribution in [0.2, 0.25) is 0 Å². The summed E-state index contributed by atoms with van der Waals surface area (Å²) in [4.78, 5) is 40.9. The largest absolute Gasteiger partial charge is 0.462 e. The van der Waals surface area contributed by atoms with Gasteiger partial charge in [0, 0.05) is 44.6 Å². The van der Waals surface area contributed by atoms with E-state index in [4.69, 9.17) is 28.2 Å². The number of nitrogens with one attached hydrogen (secondary N) is 1. The van der Waals surface area contributed by atoms with Crippen molar-refractivity contribution in [1.82, 2.24) is 10.5 Å². The van der Waals surface area contributed by atoms with Gasteiger partial charge in [-0.3, -0.25) is 14.4 Å². The average molecular weight is 669 g/mol. The number of Topliss-reactive ketones (excluding diaryl/α,β-unsaturated/α-hetero) is 1. The standard InChI is InChI=1S/C37H52N2O9/c1-7-23-9-8-10-30(38-36(42)31-13-19(2)48-39-31)20(3)35(41)29-16-27-25(28(29)17-34(40)46-23)12-11-22-14-24(15-26(22)27)47-37-33(44-6)18-32(43-5)21(4)45-37/h11-13,16,20-28,30,32-33,37H,7-10,14-15,17-18H2,1-6H3,(H,38,42)/t20-,21?,22-,23+,24-,25-,26-,27-,28+,30+,32?,33?,37?/m1/s1. The van der Waals surface area contributed by atoms with Crippen LogP contribution in [-0.2, 0) is 33.3 Å². The van der Waals surface area contributed by atoms with Gasteiger partial charge in [0.25, 0.3) is 5.91 Å². The molecule has 264 valence electrons. The fourth-order valence-electron chi connectivity index (χ4n) is 8.86. The molecule has 0 bridgehead atoms. The highest BCUT2D eigenvalue weighted by Gasteiger charge is 2.51. The summed E-state index contributed by atoms with van der Waals surface area (Å²) in [7, 11) is 3.37. The smallest absolute Gasteiger partial charge is 0.306 e. The van der Waals surface area contributed by atoms with Crippen molar-refractivity contribution in [3.8, 4) is 0 Å². The Bertz CT molecular complexity index is 1390. The van der Waals surface area contributed by atoms with Crippen molar-refractivity contribution in [3.05, 3.63) is 41.3 Å². The Hall–Kier alpha value is -2.86. The third kappa shape index (κ3) is 7.20. The van der Waals surface area contributed by atoms with E-state index in [1.165, 1.54) is 0 Å². The second kappa shape index (κ2) is 14.9. The van der Waals surface area contributed by atoms with Gasteiger partial charge in [0.1, 0.15) is 18.0 Å². The molecule has 11 heteroatoms. The van der Waals surface area contributed by atoms with Crippen LogP contribution in [0.4, 0.5) is 0 Å². The van der Waals surface area contributed by atoms with Crippen molar-refractivity contribution >= 4 is 17.7 Å². The molecular formula is C37H52N2O9. The summed E-state index contributed by atoms with van der Waals surface area (Å²) in [5, 5.41) is 6.96. The number of hydrogen-bond donors (Lipinski definition) is 1. The molecule has 11 nitrogen and oxygen atoms in total. The number of ketones is 1. The van der Waals surface area contributed by atoms with E-state index in [2.05, 4.69) is 28.7 Å². The van der Waals surface area contributed by atoms with E-state index in [9.17, 15) is 14.4 Å². The molecule has 2 saturated heterocycles. The van der Waals surface area contributed by atoms with Crippen molar-refractivity contribution in [1.29, 1.82) is 0 Å². The quantitative estimate of drug-likeness (QED) is 0.308. The van der Waals surface area contributed by atoms with Gasteiger partial charge >= 0.3 is 5.97 Å². The molecule has 1 saturated carbocycles. The summed E-state index contributed by atoms with van der Waals surface area (Å²) in [6.45, 7) is 7.65. The van der Waals surface area contributed by atoms with Crippen LogP contribution in [0.1, 0.15) is 88.4 Å². The van der Waals surface area contributed by atoms with Crippen LogP contribution in [0.25, 0.3) is 0 Å². The van der Waals surface area contributed by atoms with Crippen molar-refractivity contribution < 1.29 is 42.6 Å². The zero-order valence-corrected chi connectivity index (χ0v) is 29.1. The Balaban J connectivity index is 1.22. The molecule has 6 rings (SSSR count). The Morgan fingerprint density at radius 2 is 1.83 bits per heavy atom. The fraction of sp³-hybridized carbons (Fsp3) is 0.730. The number of aryl methyl sites for hydroxylation is 1. The van der Waals surface area contributed by atoms with Crippen LogP contribution in [0.3, 0.4) is 0 Å². The number of nitrogens with zero attached hydrogens (tertiary/aromatic N) is 1. The molecule has 5 aliphatic rings. The van der Waals surface area contributed by atoms with E-state index >= 15 is 0 Å². The lowest BCUT2D eigenvalue weighted by Gasteiger charge is -2.39. The average Bonchev–Trinajstić information content (AvgIpc) is 3.79. The molecule has 0 aromatic carbocycles. The normalized spacial score (nSPS) is 40.1. The topological polar surface area (TPSA) is 135 Å². The van der Waals surface area contributed by atoms with Crippen LogP contribution in [0.5, 0.6) is 0 Å². The molecule has 1 amide bonds. The number of allylic oxidation sites excluding steroid dienone is 4. The number of cyclic esters (lactones) is 1. The van der Waals surface area contributed by atoms with Crippen LogP contribution >= 0.6 is 0 Å². The van der Waals surface area contributed by atoms with Gasteiger partial charge in [-0.2, -0.15) is 0 Å². The minimum Gasteiger partial charge on any atom is -0.462 e. The highest BCUT2D eigenvalue weighted by molar-refractivity contribution is 6.00. The lowest BCUT2D eigenvalue weighted by atomic mass is 9.70. The molecule has 1 N–H and O–H groups in total. The van der Waals surface area contributed by atoms with Gasteiger partial charge in [-0.15, -0.1) is 0 Å². The molecular weight excluding hydrogens is 616 g/mol. The first-order chi connectivity index (χ1) is 23.1. The number of aromatic nitrogens is 1. The summed E-state index contributed by atoms with van der Waals surface area (Å²) in [5.41, 5.74) is 0.879. The van der Waals surface area contributed by atoms with Gasteiger partial charge in [0.15, 0.2) is 17.8 Å². The van der Waals surface area contributed by atoms with E-state index < -0.39 is 18.2 Å². The van der Waals surface area contributed by atoms with E-state index in [0.29, 0.717) is 49.4 Å². The van der Waals surface area contributed by atoms with Gasteiger partial charge < -0.3 is 33.5 Å². The Morgan fingerprint density at radius 3 is 2.54 bits per heavy atom. The van der Waals surface area contributed by atoms with Crippen molar-refractivity contribution in [3.63, 3.8) is 0 Å². The SMILES string of the molecule is CC[C@H]1CCC[C@H](NC(=O)c2cc(C)on2)[C@@H](C)C(=O)C2=C[C@@H]3[C@@H](C=C[C@@H]4C[C@@H](OC5OC(C)C(OC)CC5OC)C[C@@H]34)[C@@H]2CC(=O)O1. The second-order valence-corrected chi connectivity index (χ2v) is 14.5. The first-order valence-corrected chi connectivity index (χ1v) is 17.8. The van der Waals surface area contributed by atoms with Crippen LogP contribution < -0.4 is 5.32 Å². The maximum absolute atomic E-state index is 14.4. The molecule has 3 heterocycles. The van der Waals surface area contributed by atoms with Gasteiger partial charge in [0.2, 0.25) is 0 Å². The van der Waals surface area contributed by atoms with Gasteiger partial charge in [-0.25, -0.2) is 0 Å². The molecule has 1 aromatic heterocycles. The number of amides is 1. The van der Waals surface area contributed by atoms with E-state index in [1.807, 2.05) is 20.8 Å². The predicted molar refractivity (Wildman–Crippen MR) is 175 cm³/mol. The summed E-state index contributed by atoms with van der Waals surface area (Å²) < 4.78 is 35.3. The van der Waals surface area contributed by atoms with Crippen LogP contribution in [-0.4, -0.2) is 79.9 Å². The Morgan fingerprint density at radius 1 is 1.04 bits per heavy atom. The molecule has 48 heavy (non-hydrogen) atoms. The number of carbonyl (C=O) groups excluding carboxylic acids is 3. The molecule has 1 aromatic rings. The monoisotopic (exact) mass is 668 g/mol. The number of carbonyl (C=O) groups is 3. The first kappa shape index (κ1) is 35.0. The molecule has 13 atom stereocenters. The third-order valence-electron chi connectivity index (χ3n) is 11.6. The maximum atomic E-state index is 14.4. The molecule has 4 unspecified atom stereocenters. The minimum absolute atomic E-state index is 0.0120. The summed E-state index contributed by atoms with van der Waals surface area (Å²) in [5.74, 6) is -0.193. The van der Waals surface area contributed by atoms with E-state index in [-0.39, 0.29) is 84.0 Å². The Labute approximate surface area is 283 Å². The van der Waals surface area contributed by atoms with Crippen LogP contribution in [0.15, 0.2) is 34.4 Å². The number of hydrogen-bond acceptors (Lipinski definition) is 10. The fourth-order valence-corrected chi connectivity index (χ4v) is 8.86. The number of fused-ring (bicyclic) bond motifs is 5. The van der Waals surface area contributed by atoms with E-state index in [0.717, 1.165) is 12.8 Å². The highest BCUT2D eigenvalue weighted by Crippen LogP contribution is 2.54. The molecule has 3 fully saturated rings. The summed E-state index contributed by atoms with van der Waals surface area (Å²) >= 11 is 0. The lowest BCUT2D eigenvalue weighted by molar-refractivity contribution is -0.281. The first-order valence-electron chi connectivity index (χ1n) is 17.8. The number of esters is 1.